The number of hydrogen-bond acceptors (Lipinski definition) is 5. The normalized spacial score (nSPS) is 11.5. The molecule has 0 saturated carbocycles. The first-order valence-electron chi connectivity index (χ1n) is 4.85. The van der Waals surface area contributed by atoms with Crippen LogP contribution in [0.4, 0.5) is 5.82 Å². The Labute approximate surface area is 117 Å². The molecule has 1 N–H and O–H groups in total. The summed E-state index contributed by atoms with van der Waals surface area (Å²) in [5.74, 6) is 0.658. The van der Waals surface area contributed by atoms with E-state index < -0.39 is 0 Å². The number of anilines is 1. The van der Waals surface area contributed by atoms with E-state index in [-0.39, 0.29) is 10.8 Å². The summed E-state index contributed by atoms with van der Waals surface area (Å²) in [7, 11) is 0. The minimum atomic E-state index is -0.311. The Morgan fingerprint density at radius 1 is 1.41 bits per heavy atom. The zero-order valence-corrected chi connectivity index (χ0v) is 12.4. The maximum absolute atomic E-state index is 5.77. The Bertz CT molecular complexity index is 515. The maximum atomic E-state index is 5.77. The first-order chi connectivity index (χ1) is 7.99. The average molecular weight is 334 g/mol. The lowest BCUT2D eigenvalue weighted by Crippen LogP contribution is -2.28. The molecule has 0 aliphatic heterocycles. The summed E-state index contributed by atoms with van der Waals surface area (Å²) in [4.78, 5) is 12.3. The smallest absolute Gasteiger partial charge is 0.224 e. The molecule has 2 aromatic rings. The molecule has 0 bridgehead atoms. The molecule has 0 aliphatic carbocycles. The molecule has 2 rings (SSSR count). The van der Waals surface area contributed by atoms with Crippen LogP contribution in [0, 0.1) is 0 Å². The van der Waals surface area contributed by atoms with Crippen molar-refractivity contribution in [1.82, 2.24) is 15.0 Å². The summed E-state index contributed by atoms with van der Waals surface area (Å²) >= 11 is 10.8. The van der Waals surface area contributed by atoms with Gasteiger partial charge in [0.25, 0.3) is 0 Å². The van der Waals surface area contributed by atoms with Crippen LogP contribution < -0.4 is 5.32 Å². The van der Waals surface area contributed by atoms with Crippen LogP contribution >= 0.6 is 38.9 Å². The van der Waals surface area contributed by atoms with Crippen molar-refractivity contribution in [3.63, 3.8) is 0 Å². The van der Waals surface area contributed by atoms with Gasteiger partial charge >= 0.3 is 0 Å². The van der Waals surface area contributed by atoms with Gasteiger partial charge in [-0.05, 0) is 41.4 Å². The van der Waals surface area contributed by atoms with Crippen LogP contribution in [0.2, 0.25) is 5.28 Å². The van der Waals surface area contributed by atoms with Gasteiger partial charge < -0.3 is 5.32 Å². The zero-order valence-electron chi connectivity index (χ0n) is 9.24. The molecule has 0 atom stereocenters. The maximum Gasteiger partial charge on any atom is 0.224 e. The average Bonchev–Trinajstić information content (AvgIpc) is 2.77. The SMILES string of the molecule is CC(C)(Nc1nc(Cl)ncc1Br)c1nccs1. The summed E-state index contributed by atoms with van der Waals surface area (Å²) < 4.78 is 0.770. The van der Waals surface area contributed by atoms with Crippen molar-refractivity contribution in [1.29, 1.82) is 0 Å². The van der Waals surface area contributed by atoms with Crippen molar-refractivity contribution in [3.05, 3.63) is 32.5 Å². The Morgan fingerprint density at radius 3 is 2.82 bits per heavy atom. The van der Waals surface area contributed by atoms with Gasteiger partial charge in [0.15, 0.2) is 0 Å². The highest BCUT2D eigenvalue weighted by Crippen LogP contribution is 2.29. The molecule has 0 unspecified atom stereocenters. The number of rotatable bonds is 3. The fourth-order valence-electron chi connectivity index (χ4n) is 1.31. The van der Waals surface area contributed by atoms with Gasteiger partial charge in [-0.25, -0.2) is 9.97 Å². The topological polar surface area (TPSA) is 50.7 Å². The van der Waals surface area contributed by atoms with Gasteiger partial charge in [0, 0.05) is 17.8 Å². The van der Waals surface area contributed by atoms with E-state index in [1.54, 1.807) is 23.7 Å². The zero-order chi connectivity index (χ0) is 12.5. The van der Waals surface area contributed by atoms with E-state index in [2.05, 4.69) is 36.2 Å². The largest absolute Gasteiger partial charge is 0.358 e. The Balaban J connectivity index is 2.29. The molecule has 7 heteroatoms. The van der Waals surface area contributed by atoms with Gasteiger partial charge in [-0.3, -0.25) is 0 Å². The molecule has 0 fully saturated rings. The lowest BCUT2D eigenvalue weighted by atomic mass is 10.1. The molecule has 90 valence electrons. The fourth-order valence-corrected chi connectivity index (χ4v) is 2.46. The lowest BCUT2D eigenvalue weighted by Gasteiger charge is -2.24. The number of hydrogen-bond donors (Lipinski definition) is 1. The van der Waals surface area contributed by atoms with E-state index >= 15 is 0 Å². The third kappa shape index (κ3) is 2.94. The highest BCUT2D eigenvalue weighted by molar-refractivity contribution is 9.10. The van der Waals surface area contributed by atoms with E-state index in [0.29, 0.717) is 5.82 Å². The molecule has 0 aromatic carbocycles. The molecular weight excluding hydrogens is 324 g/mol. The number of halogens is 2. The summed E-state index contributed by atoms with van der Waals surface area (Å²) in [6, 6.07) is 0. The molecule has 0 saturated heterocycles. The quantitative estimate of drug-likeness (QED) is 0.870. The molecule has 2 aromatic heterocycles. The second kappa shape index (κ2) is 4.88. The van der Waals surface area contributed by atoms with Crippen LogP contribution in [0.5, 0.6) is 0 Å². The van der Waals surface area contributed by atoms with Crippen LogP contribution in [0.3, 0.4) is 0 Å². The van der Waals surface area contributed by atoms with Crippen LogP contribution in [0.1, 0.15) is 18.9 Å². The van der Waals surface area contributed by atoms with Crippen molar-refractivity contribution < 1.29 is 0 Å². The van der Waals surface area contributed by atoms with Gasteiger partial charge in [0.1, 0.15) is 10.8 Å². The highest BCUT2D eigenvalue weighted by atomic mass is 79.9. The molecule has 2 heterocycles. The van der Waals surface area contributed by atoms with Gasteiger partial charge in [0.05, 0.1) is 10.0 Å². The summed E-state index contributed by atoms with van der Waals surface area (Å²) in [5, 5.41) is 6.44. The van der Waals surface area contributed by atoms with Gasteiger partial charge in [-0.1, -0.05) is 0 Å². The summed E-state index contributed by atoms with van der Waals surface area (Å²) in [5.41, 5.74) is -0.311. The van der Waals surface area contributed by atoms with Gasteiger partial charge in [0.2, 0.25) is 5.28 Å². The fraction of sp³-hybridized carbons (Fsp3) is 0.300. The van der Waals surface area contributed by atoms with Crippen LogP contribution in [0.25, 0.3) is 0 Å². The molecule has 17 heavy (non-hydrogen) atoms. The number of thiazole rings is 1. The molecule has 0 aliphatic rings. The monoisotopic (exact) mass is 332 g/mol. The van der Waals surface area contributed by atoms with Gasteiger partial charge in [-0.2, -0.15) is 4.98 Å². The predicted molar refractivity (Wildman–Crippen MR) is 73.5 cm³/mol. The lowest BCUT2D eigenvalue weighted by molar-refractivity contribution is 0.600. The number of aromatic nitrogens is 3. The molecular formula is C10H10BrClN4S. The van der Waals surface area contributed by atoms with E-state index in [1.807, 2.05) is 19.2 Å². The first-order valence-corrected chi connectivity index (χ1v) is 6.90. The first kappa shape index (κ1) is 12.7. The number of nitrogens with zero attached hydrogens (tertiary/aromatic N) is 3. The van der Waals surface area contributed by atoms with Crippen molar-refractivity contribution in [3.8, 4) is 0 Å². The van der Waals surface area contributed by atoms with E-state index in [4.69, 9.17) is 11.6 Å². The third-order valence-corrected chi connectivity index (χ3v) is 3.97. The second-order valence-electron chi connectivity index (χ2n) is 3.92. The minimum Gasteiger partial charge on any atom is -0.358 e. The highest BCUT2D eigenvalue weighted by Gasteiger charge is 2.24. The Hall–Kier alpha value is -0.720. The van der Waals surface area contributed by atoms with Crippen LogP contribution in [-0.4, -0.2) is 15.0 Å². The summed E-state index contributed by atoms with van der Waals surface area (Å²) in [6.45, 7) is 4.07. The van der Waals surface area contributed by atoms with E-state index in [9.17, 15) is 0 Å². The Morgan fingerprint density at radius 2 is 2.18 bits per heavy atom. The minimum absolute atomic E-state index is 0.214. The van der Waals surface area contributed by atoms with Crippen molar-refractivity contribution >= 4 is 44.7 Å². The molecule has 0 amide bonds. The Kier molecular flexibility index (Phi) is 3.65. The molecule has 0 spiro atoms. The van der Waals surface area contributed by atoms with E-state index in [0.717, 1.165) is 9.48 Å². The summed E-state index contributed by atoms with van der Waals surface area (Å²) in [6.07, 6.45) is 3.40. The van der Waals surface area contributed by atoms with Gasteiger partial charge in [-0.15, -0.1) is 11.3 Å². The van der Waals surface area contributed by atoms with Crippen molar-refractivity contribution in [2.45, 2.75) is 19.4 Å². The third-order valence-electron chi connectivity index (χ3n) is 2.11. The molecule has 0 radical (unpaired) electrons. The predicted octanol–water partition coefficient (Wildman–Crippen LogP) is 3.70. The van der Waals surface area contributed by atoms with Crippen molar-refractivity contribution in [2.24, 2.45) is 0 Å². The number of nitrogens with one attached hydrogen (secondary N) is 1. The second-order valence-corrected chi connectivity index (χ2v) is 6.01. The van der Waals surface area contributed by atoms with Crippen LogP contribution in [-0.2, 0) is 5.54 Å². The van der Waals surface area contributed by atoms with Crippen molar-refractivity contribution in [2.75, 3.05) is 5.32 Å². The van der Waals surface area contributed by atoms with Crippen LogP contribution in [0.15, 0.2) is 22.2 Å². The van der Waals surface area contributed by atoms with E-state index in [1.165, 1.54) is 0 Å². The molecule has 4 nitrogen and oxygen atoms in total. The standard InChI is InChI=1S/C10H10BrClN4S/c1-10(2,8-13-3-4-17-8)16-7-6(11)5-14-9(12)15-7/h3-5H,1-2H3,(H,14,15,16).